The summed E-state index contributed by atoms with van der Waals surface area (Å²) in [4.78, 5) is 28.9. The summed E-state index contributed by atoms with van der Waals surface area (Å²) in [6.07, 6.45) is 3.16. The molecule has 2 aromatic rings. The van der Waals surface area contributed by atoms with E-state index < -0.39 is 0 Å². The summed E-state index contributed by atoms with van der Waals surface area (Å²) in [5.74, 6) is 0.0988. The molecule has 4 nitrogen and oxygen atoms in total. The Labute approximate surface area is 148 Å². The van der Waals surface area contributed by atoms with E-state index in [9.17, 15) is 9.59 Å². The van der Waals surface area contributed by atoms with Crippen LogP contribution in [-0.2, 0) is 9.59 Å². The topological polar surface area (TPSA) is 40.6 Å². The number of rotatable bonds is 2. The van der Waals surface area contributed by atoms with E-state index in [1.807, 2.05) is 18.0 Å². The van der Waals surface area contributed by atoms with E-state index in [0.29, 0.717) is 13.0 Å². The van der Waals surface area contributed by atoms with Crippen molar-refractivity contribution in [3.05, 3.63) is 48.0 Å². The first kappa shape index (κ1) is 16.1. The molecule has 2 amide bonds. The first-order valence-electron chi connectivity index (χ1n) is 9.17. The predicted octanol–water partition coefficient (Wildman–Crippen LogP) is 3.37. The van der Waals surface area contributed by atoms with Gasteiger partial charge in [0.25, 0.3) is 0 Å². The first-order chi connectivity index (χ1) is 12.1. The van der Waals surface area contributed by atoms with E-state index in [-0.39, 0.29) is 23.8 Å². The van der Waals surface area contributed by atoms with Crippen molar-refractivity contribution in [3.8, 4) is 0 Å². The van der Waals surface area contributed by atoms with Gasteiger partial charge >= 0.3 is 0 Å². The van der Waals surface area contributed by atoms with Crippen molar-refractivity contribution in [2.75, 3.05) is 20.1 Å². The molecule has 25 heavy (non-hydrogen) atoms. The number of carbonyl (C=O) groups is 2. The van der Waals surface area contributed by atoms with Gasteiger partial charge in [-0.1, -0.05) is 42.5 Å². The average Bonchev–Trinajstić information content (AvgIpc) is 3.12. The molecule has 0 aliphatic carbocycles. The van der Waals surface area contributed by atoms with Gasteiger partial charge in [0.15, 0.2) is 0 Å². The monoisotopic (exact) mass is 336 g/mol. The maximum absolute atomic E-state index is 13.1. The van der Waals surface area contributed by atoms with Gasteiger partial charge in [0.2, 0.25) is 11.8 Å². The minimum absolute atomic E-state index is 0.0884. The Morgan fingerprint density at radius 3 is 2.68 bits per heavy atom. The molecule has 130 valence electrons. The Balaban J connectivity index is 1.62. The highest BCUT2D eigenvalue weighted by molar-refractivity contribution is 5.89. The molecule has 2 heterocycles. The lowest BCUT2D eigenvalue weighted by molar-refractivity contribution is -0.145. The van der Waals surface area contributed by atoms with Crippen LogP contribution in [-0.4, -0.2) is 41.8 Å². The van der Waals surface area contributed by atoms with Crippen molar-refractivity contribution in [2.45, 2.75) is 31.7 Å². The van der Waals surface area contributed by atoms with E-state index >= 15 is 0 Å². The van der Waals surface area contributed by atoms with E-state index in [1.54, 1.807) is 4.90 Å². The molecule has 2 aliphatic heterocycles. The fourth-order valence-corrected chi connectivity index (χ4v) is 4.28. The van der Waals surface area contributed by atoms with Crippen LogP contribution in [0.5, 0.6) is 0 Å². The van der Waals surface area contributed by atoms with Crippen LogP contribution in [0.1, 0.15) is 37.3 Å². The molecule has 2 aromatic carbocycles. The molecule has 2 saturated heterocycles. The zero-order valence-electron chi connectivity index (χ0n) is 14.6. The van der Waals surface area contributed by atoms with Crippen LogP contribution in [0.2, 0.25) is 0 Å². The van der Waals surface area contributed by atoms with E-state index in [1.165, 1.54) is 16.3 Å². The number of benzene rings is 2. The van der Waals surface area contributed by atoms with E-state index in [0.717, 1.165) is 25.8 Å². The van der Waals surface area contributed by atoms with Crippen LogP contribution in [0.25, 0.3) is 10.8 Å². The molecule has 0 radical (unpaired) electrons. The molecule has 0 bridgehead atoms. The molecule has 4 heteroatoms. The Kier molecular flexibility index (Phi) is 4.20. The van der Waals surface area contributed by atoms with Gasteiger partial charge in [-0.3, -0.25) is 9.59 Å². The lowest BCUT2D eigenvalue weighted by atomic mass is 9.93. The molecule has 0 aromatic heterocycles. The summed E-state index contributed by atoms with van der Waals surface area (Å²) in [5.41, 5.74) is 1.24. The fraction of sp³-hybridized carbons (Fsp3) is 0.429. The van der Waals surface area contributed by atoms with Crippen molar-refractivity contribution >= 4 is 22.6 Å². The summed E-state index contributed by atoms with van der Waals surface area (Å²) in [7, 11) is 1.82. The van der Waals surface area contributed by atoms with Crippen LogP contribution in [0.4, 0.5) is 0 Å². The molecular formula is C21H24N2O2. The standard InChI is InChI=1S/C21H24N2O2/c1-22-13-11-16(14-20(22)24)21(25)23-12-5-10-19(23)18-9-4-7-15-6-2-3-8-17(15)18/h2-4,6-9,16,19H,5,10-14H2,1H3. The van der Waals surface area contributed by atoms with Crippen molar-refractivity contribution in [3.63, 3.8) is 0 Å². The number of amides is 2. The minimum Gasteiger partial charge on any atom is -0.346 e. The van der Waals surface area contributed by atoms with Gasteiger partial charge in [-0.25, -0.2) is 0 Å². The minimum atomic E-state index is -0.153. The number of piperidine rings is 1. The molecule has 4 rings (SSSR count). The molecule has 0 saturated carbocycles. The molecular weight excluding hydrogens is 312 g/mol. The Hall–Kier alpha value is -2.36. The predicted molar refractivity (Wildman–Crippen MR) is 98.0 cm³/mol. The van der Waals surface area contributed by atoms with Crippen LogP contribution >= 0.6 is 0 Å². The number of likely N-dealkylation sites (tertiary alicyclic amines) is 2. The lowest BCUT2D eigenvalue weighted by Gasteiger charge is -2.33. The second kappa shape index (κ2) is 6.51. The Bertz CT molecular complexity index is 811. The normalized spacial score (nSPS) is 24.1. The molecule has 2 unspecified atom stereocenters. The third-order valence-electron chi connectivity index (χ3n) is 5.73. The molecule has 0 spiro atoms. The molecule has 0 N–H and O–H groups in total. The summed E-state index contributed by atoms with van der Waals surface area (Å²) in [6.45, 7) is 1.48. The van der Waals surface area contributed by atoms with Gasteiger partial charge in [-0.15, -0.1) is 0 Å². The summed E-state index contributed by atoms with van der Waals surface area (Å²) < 4.78 is 0. The van der Waals surface area contributed by atoms with Gasteiger partial charge in [0.05, 0.1) is 6.04 Å². The highest BCUT2D eigenvalue weighted by Crippen LogP contribution is 2.37. The summed E-state index contributed by atoms with van der Waals surface area (Å²) in [6, 6.07) is 14.9. The molecule has 2 aliphatic rings. The van der Waals surface area contributed by atoms with Crippen LogP contribution in [0.3, 0.4) is 0 Å². The first-order valence-corrected chi connectivity index (χ1v) is 9.17. The zero-order valence-corrected chi connectivity index (χ0v) is 14.6. The van der Waals surface area contributed by atoms with E-state index in [4.69, 9.17) is 0 Å². The largest absolute Gasteiger partial charge is 0.346 e. The zero-order chi connectivity index (χ0) is 17.4. The number of nitrogens with zero attached hydrogens (tertiary/aromatic N) is 2. The average molecular weight is 336 g/mol. The third-order valence-corrected chi connectivity index (χ3v) is 5.73. The SMILES string of the molecule is CN1CCC(C(=O)N2CCCC2c2cccc3ccccc23)CC1=O. The summed E-state index contributed by atoms with van der Waals surface area (Å²) >= 11 is 0. The van der Waals surface area contributed by atoms with Gasteiger partial charge in [0.1, 0.15) is 0 Å². The quantitative estimate of drug-likeness (QED) is 0.844. The highest BCUT2D eigenvalue weighted by Gasteiger charge is 2.37. The number of carbonyl (C=O) groups excluding carboxylic acids is 2. The van der Waals surface area contributed by atoms with Gasteiger partial charge in [0, 0.05) is 32.5 Å². The van der Waals surface area contributed by atoms with Crippen molar-refractivity contribution in [1.29, 1.82) is 0 Å². The Morgan fingerprint density at radius 2 is 1.84 bits per heavy atom. The van der Waals surface area contributed by atoms with E-state index in [2.05, 4.69) is 36.4 Å². The maximum Gasteiger partial charge on any atom is 0.226 e. The van der Waals surface area contributed by atoms with Crippen LogP contribution < -0.4 is 0 Å². The summed E-state index contributed by atoms with van der Waals surface area (Å²) in [5, 5.41) is 2.45. The maximum atomic E-state index is 13.1. The number of hydrogen-bond donors (Lipinski definition) is 0. The highest BCUT2D eigenvalue weighted by atomic mass is 16.2. The van der Waals surface area contributed by atoms with Crippen molar-refractivity contribution < 1.29 is 9.59 Å². The third kappa shape index (κ3) is 2.90. The smallest absolute Gasteiger partial charge is 0.226 e. The van der Waals surface area contributed by atoms with Gasteiger partial charge in [-0.2, -0.15) is 0 Å². The Morgan fingerprint density at radius 1 is 1.04 bits per heavy atom. The molecule has 2 atom stereocenters. The van der Waals surface area contributed by atoms with Crippen LogP contribution in [0.15, 0.2) is 42.5 Å². The fourth-order valence-electron chi connectivity index (χ4n) is 4.28. The van der Waals surface area contributed by atoms with Crippen molar-refractivity contribution in [2.24, 2.45) is 5.92 Å². The second-order valence-corrected chi connectivity index (χ2v) is 7.26. The number of fused-ring (bicyclic) bond motifs is 1. The molecule has 2 fully saturated rings. The van der Waals surface area contributed by atoms with Crippen LogP contribution in [0, 0.1) is 5.92 Å². The second-order valence-electron chi connectivity index (χ2n) is 7.26. The van der Waals surface area contributed by atoms with Crippen molar-refractivity contribution in [1.82, 2.24) is 9.80 Å². The van der Waals surface area contributed by atoms with Gasteiger partial charge < -0.3 is 9.80 Å². The number of hydrogen-bond acceptors (Lipinski definition) is 2. The lowest BCUT2D eigenvalue weighted by Crippen LogP contribution is -2.43. The van der Waals surface area contributed by atoms with Gasteiger partial charge in [-0.05, 0) is 35.6 Å².